The van der Waals surface area contributed by atoms with E-state index in [1.807, 2.05) is 60.7 Å². The first kappa shape index (κ1) is 17.6. The fraction of sp³-hybridized carbons (Fsp3) is 0.417. The molecule has 2 aromatic carbocycles. The highest BCUT2D eigenvalue weighted by molar-refractivity contribution is 6.08. The molecule has 2 N–H and O–H groups in total. The zero-order valence-corrected chi connectivity index (χ0v) is 16.1. The van der Waals surface area contributed by atoms with Crippen LogP contribution in [0.2, 0.25) is 0 Å². The van der Waals surface area contributed by atoms with Crippen LogP contribution < -0.4 is 5.84 Å². The van der Waals surface area contributed by atoms with E-state index < -0.39 is 0 Å². The molecular weight excluding hydrogens is 346 g/mol. The van der Waals surface area contributed by atoms with Crippen molar-refractivity contribution in [2.75, 3.05) is 0 Å². The fourth-order valence-electron chi connectivity index (χ4n) is 6.25. The lowest BCUT2D eigenvalue weighted by Crippen LogP contribution is -2.57. The molecule has 1 amide bonds. The zero-order chi connectivity index (χ0) is 19.1. The molecule has 4 nitrogen and oxygen atoms in total. The molecule has 4 bridgehead atoms. The summed E-state index contributed by atoms with van der Waals surface area (Å²) < 4.78 is 0. The van der Waals surface area contributed by atoms with Gasteiger partial charge in [-0.15, -0.1) is 0 Å². The summed E-state index contributed by atoms with van der Waals surface area (Å²) in [5, 5.41) is 1.36. The van der Waals surface area contributed by atoms with E-state index in [0.717, 1.165) is 48.5 Å². The number of carbonyl (C=O) groups is 1. The van der Waals surface area contributed by atoms with Crippen LogP contribution >= 0.6 is 0 Å². The number of hydrogen-bond acceptors (Lipinski definition) is 3. The van der Waals surface area contributed by atoms with Crippen molar-refractivity contribution in [3.05, 3.63) is 66.2 Å². The Hall–Kier alpha value is -2.46. The van der Waals surface area contributed by atoms with Crippen LogP contribution in [0, 0.1) is 23.2 Å². The average molecular weight is 374 g/mol. The van der Waals surface area contributed by atoms with Crippen LogP contribution in [-0.2, 0) is 0 Å². The quantitative estimate of drug-likeness (QED) is 0.272. The highest BCUT2D eigenvalue weighted by atomic mass is 16.2. The highest BCUT2D eigenvalue weighted by Crippen LogP contribution is 2.61. The van der Waals surface area contributed by atoms with Crippen LogP contribution in [0.15, 0.2) is 65.7 Å². The van der Waals surface area contributed by atoms with Crippen molar-refractivity contribution in [2.45, 2.75) is 38.5 Å². The molecule has 0 unspecified atom stereocenters. The molecule has 0 radical (unpaired) electrons. The summed E-state index contributed by atoms with van der Waals surface area (Å²) in [7, 11) is 0. The predicted octanol–water partition coefficient (Wildman–Crippen LogP) is 4.95. The molecule has 6 rings (SSSR count). The van der Waals surface area contributed by atoms with Gasteiger partial charge in [0, 0.05) is 11.0 Å². The lowest BCUT2D eigenvalue weighted by Gasteiger charge is -2.57. The smallest absolute Gasteiger partial charge is 0.267 e. The molecule has 28 heavy (non-hydrogen) atoms. The Labute approximate surface area is 166 Å². The zero-order valence-electron chi connectivity index (χ0n) is 16.1. The Morgan fingerprint density at radius 3 is 1.89 bits per heavy atom. The van der Waals surface area contributed by atoms with Crippen molar-refractivity contribution >= 4 is 17.4 Å². The molecule has 4 heteroatoms. The second-order valence-corrected chi connectivity index (χ2v) is 9.01. The number of rotatable bonds is 3. The van der Waals surface area contributed by atoms with Crippen molar-refractivity contribution in [2.24, 2.45) is 34.0 Å². The minimum atomic E-state index is -0.175. The maximum atomic E-state index is 13.2. The summed E-state index contributed by atoms with van der Waals surface area (Å²) in [5.41, 5.74) is 1.41. The number of benzene rings is 2. The number of carbonyl (C=O) groups excluding carboxylic acids is 1. The molecule has 4 saturated carbocycles. The van der Waals surface area contributed by atoms with Gasteiger partial charge in [-0.05, 0) is 80.5 Å². The third-order valence-corrected chi connectivity index (χ3v) is 6.97. The third kappa shape index (κ3) is 3.06. The van der Waals surface area contributed by atoms with Gasteiger partial charge in [0.05, 0.1) is 5.69 Å². The molecule has 4 aliphatic rings. The summed E-state index contributed by atoms with van der Waals surface area (Å²) in [6.45, 7) is 0. The molecule has 0 aromatic heterocycles. The van der Waals surface area contributed by atoms with Gasteiger partial charge in [-0.1, -0.05) is 36.4 Å². The van der Waals surface area contributed by atoms with Gasteiger partial charge in [-0.25, -0.2) is 15.8 Å². The maximum Gasteiger partial charge on any atom is 0.273 e. The minimum Gasteiger partial charge on any atom is -0.267 e. The van der Waals surface area contributed by atoms with E-state index in [1.54, 1.807) is 0 Å². The second-order valence-electron chi connectivity index (χ2n) is 9.01. The van der Waals surface area contributed by atoms with E-state index in [4.69, 9.17) is 10.8 Å². The first-order valence-electron chi connectivity index (χ1n) is 10.4. The van der Waals surface area contributed by atoms with Crippen LogP contribution in [-0.4, -0.2) is 16.8 Å². The second kappa shape index (κ2) is 6.85. The number of nitrogens with zero attached hydrogens (tertiary/aromatic N) is 2. The third-order valence-electron chi connectivity index (χ3n) is 6.97. The molecule has 0 spiro atoms. The molecule has 144 valence electrons. The van der Waals surface area contributed by atoms with Crippen molar-refractivity contribution in [3.63, 3.8) is 0 Å². The number of nitrogens with two attached hydrogens (primary N) is 1. The lowest BCUT2D eigenvalue weighted by molar-refractivity contribution is -0.0180. The lowest BCUT2D eigenvalue weighted by atomic mass is 9.49. The van der Waals surface area contributed by atoms with Gasteiger partial charge < -0.3 is 0 Å². The van der Waals surface area contributed by atoms with Crippen molar-refractivity contribution in [3.8, 4) is 0 Å². The van der Waals surface area contributed by atoms with Crippen molar-refractivity contribution < 1.29 is 4.79 Å². The normalized spacial score (nSPS) is 31.0. The highest BCUT2D eigenvalue weighted by Gasteiger charge is 2.54. The van der Waals surface area contributed by atoms with E-state index in [0.29, 0.717) is 5.56 Å². The van der Waals surface area contributed by atoms with Crippen LogP contribution in [0.25, 0.3) is 0 Å². The Morgan fingerprint density at radius 2 is 1.36 bits per heavy atom. The first-order valence-corrected chi connectivity index (χ1v) is 10.4. The Balaban J connectivity index is 1.56. The monoisotopic (exact) mass is 373 g/mol. The SMILES string of the molecule is NN(C(=O)c1ccccc1)C(=Nc1ccccc1)C12CC3CC(CC(C3)C1)C2. The molecule has 0 atom stereocenters. The van der Waals surface area contributed by atoms with E-state index in [9.17, 15) is 4.79 Å². The Kier molecular flexibility index (Phi) is 4.31. The van der Waals surface area contributed by atoms with Crippen molar-refractivity contribution in [1.82, 2.24) is 5.01 Å². The van der Waals surface area contributed by atoms with E-state index in [1.165, 1.54) is 24.3 Å². The van der Waals surface area contributed by atoms with Gasteiger partial charge in [0.2, 0.25) is 0 Å². The van der Waals surface area contributed by atoms with Crippen LogP contribution in [0.4, 0.5) is 5.69 Å². The maximum absolute atomic E-state index is 13.2. The first-order chi connectivity index (χ1) is 13.6. The van der Waals surface area contributed by atoms with Gasteiger partial charge >= 0.3 is 0 Å². The summed E-state index contributed by atoms with van der Waals surface area (Å²) in [6.07, 6.45) is 7.36. The molecule has 4 aliphatic carbocycles. The van der Waals surface area contributed by atoms with E-state index in [2.05, 4.69) is 0 Å². The van der Waals surface area contributed by atoms with Crippen LogP contribution in [0.1, 0.15) is 48.9 Å². The molecule has 0 saturated heterocycles. The topological polar surface area (TPSA) is 58.7 Å². The number of hydrogen-bond donors (Lipinski definition) is 1. The standard InChI is InChI=1S/C24H27N3O/c25-27(22(28)20-7-3-1-4-8-20)23(26-21-9-5-2-6-10-21)24-14-17-11-18(15-24)13-19(12-17)16-24/h1-10,17-19H,11-16,25H2. The van der Waals surface area contributed by atoms with Gasteiger partial charge in [-0.2, -0.15) is 0 Å². The molecule has 0 aliphatic heterocycles. The number of amides is 1. The van der Waals surface area contributed by atoms with E-state index in [-0.39, 0.29) is 11.3 Å². The van der Waals surface area contributed by atoms with Gasteiger partial charge in [0.15, 0.2) is 0 Å². The van der Waals surface area contributed by atoms with Gasteiger partial charge in [0.25, 0.3) is 5.91 Å². The Bertz CT molecular complexity index is 855. The Morgan fingerprint density at radius 1 is 0.857 bits per heavy atom. The molecule has 2 aromatic rings. The summed E-state index contributed by atoms with van der Waals surface area (Å²) in [4.78, 5) is 18.2. The summed E-state index contributed by atoms with van der Waals surface area (Å²) in [6, 6.07) is 19.2. The average Bonchev–Trinajstić information content (AvgIpc) is 2.71. The number of hydrazine groups is 1. The van der Waals surface area contributed by atoms with Crippen molar-refractivity contribution in [1.29, 1.82) is 0 Å². The molecule has 4 fully saturated rings. The predicted molar refractivity (Wildman–Crippen MR) is 111 cm³/mol. The fourth-order valence-corrected chi connectivity index (χ4v) is 6.25. The number of aliphatic imine (C=N–C) groups is 1. The number of amidine groups is 1. The molecular formula is C24H27N3O. The van der Waals surface area contributed by atoms with Gasteiger partial charge in [-0.3, -0.25) is 4.79 Å². The van der Waals surface area contributed by atoms with Crippen LogP contribution in [0.5, 0.6) is 0 Å². The largest absolute Gasteiger partial charge is 0.273 e. The number of para-hydroxylation sites is 1. The molecule has 0 heterocycles. The summed E-state index contributed by atoms with van der Waals surface area (Å²) >= 11 is 0. The minimum absolute atomic E-state index is 0.0657. The van der Waals surface area contributed by atoms with E-state index >= 15 is 0 Å². The summed E-state index contributed by atoms with van der Waals surface area (Å²) in [5.74, 6) is 9.38. The van der Waals surface area contributed by atoms with Crippen LogP contribution in [0.3, 0.4) is 0 Å². The van der Waals surface area contributed by atoms with Gasteiger partial charge in [0.1, 0.15) is 5.84 Å².